The van der Waals surface area contributed by atoms with E-state index in [1.807, 2.05) is 6.92 Å². The average molecular weight is 272 g/mol. The van der Waals surface area contributed by atoms with Crippen LogP contribution in [0.3, 0.4) is 0 Å². The highest BCUT2D eigenvalue weighted by Gasteiger charge is 2.73. The van der Waals surface area contributed by atoms with Gasteiger partial charge >= 0.3 is 5.97 Å². The van der Waals surface area contributed by atoms with Gasteiger partial charge in [0.05, 0.1) is 5.69 Å². The van der Waals surface area contributed by atoms with E-state index in [-0.39, 0.29) is 6.42 Å². The maximum atomic E-state index is 11.3. The standard InChI is InChI=1S/C12H11Cl2NO2/c1-7(2)9-4-3-8(5-15-9)11(10(16)17)6-12(11,13)14/h3-5H,1,6H2,2H3,(H,16,17). The van der Waals surface area contributed by atoms with Gasteiger partial charge in [-0.2, -0.15) is 0 Å². The van der Waals surface area contributed by atoms with E-state index in [1.165, 1.54) is 6.20 Å². The summed E-state index contributed by atoms with van der Waals surface area (Å²) < 4.78 is -1.24. The van der Waals surface area contributed by atoms with Crippen molar-refractivity contribution in [3.63, 3.8) is 0 Å². The topological polar surface area (TPSA) is 50.2 Å². The number of pyridine rings is 1. The number of allylic oxidation sites excluding steroid dienone is 1. The fourth-order valence-corrected chi connectivity index (χ4v) is 2.64. The van der Waals surface area contributed by atoms with Gasteiger partial charge in [0.2, 0.25) is 0 Å². The summed E-state index contributed by atoms with van der Waals surface area (Å²) in [6, 6.07) is 3.42. The predicted molar refractivity (Wildman–Crippen MR) is 67.3 cm³/mol. The van der Waals surface area contributed by atoms with Gasteiger partial charge in [0.15, 0.2) is 0 Å². The number of carboxylic acids is 1. The third-order valence-electron chi connectivity index (χ3n) is 3.05. The Balaban J connectivity index is 2.41. The Bertz CT molecular complexity index is 496. The van der Waals surface area contributed by atoms with Crippen molar-refractivity contribution in [3.05, 3.63) is 36.2 Å². The number of aliphatic carboxylic acids is 1. The van der Waals surface area contributed by atoms with Gasteiger partial charge in [-0.05, 0) is 24.1 Å². The zero-order chi connectivity index (χ0) is 12.8. The molecule has 1 aliphatic carbocycles. The molecule has 1 N–H and O–H groups in total. The molecule has 2 rings (SSSR count). The summed E-state index contributed by atoms with van der Waals surface area (Å²) in [7, 11) is 0. The maximum Gasteiger partial charge on any atom is 0.317 e. The summed E-state index contributed by atoms with van der Waals surface area (Å²) in [5.41, 5.74) is 0.848. The van der Waals surface area contributed by atoms with Crippen LogP contribution in [0.25, 0.3) is 5.57 Å². The molecule has 0 amide bonds. The molecule has 1 aromatic heterocycles. The molecule has 0 radical (unpaired) electrons. The van der Waals surface area contributed by atoms with E-state index in [0.717, 1.165) is 11.3 Å². The van der Waals surface area contributed by atoms with Crippen LogP contribution in [-0.4, -0.2) is 20.4 Å². The summed E-state index contributed by atoms with van der Waals surface area (Å²) in [5, 5.41) is 9.26. The van der Waals surface area contributed by atoms with Gasteiger partial charge < -0.3 is 5.11 Å². The molecule has 1 fully saturated rings. The zero-order valence-electron chi connectivity index (χ0n) is 9.20. The van der Waals surface area contributed by atoms with Crippen molar-refractivity contribution < 1.29 is 9.90 Å². The monoisotopic (exact) mass is 271 g/mol. The lowest BCUT2D eigenvalue weighted by molar-refractivity contribution is -0.140. The van der Waals surface area contributed by atoms with E-state index in [2.05, 4.69) is 11.6 Å². The fourth-order valence-electron chi connectivity index (χ4n) is 1.86. The minimum atomic E-state index is -1.24. The van der Waals surface area contributed by atoms with Gasteiger partial charge in [-0.3, -0.25) is 9.78 Å². The van der Waals surface area contributed by atoms with Crippen LogP contribution < -0.4 is 0 Å². The van der Waals surface area contributed by atoms with Crippen LogP contribution in [0.4, 0.5) is 0 Å². The second-order valence-electron chi connectivity index (χ2n) is 4.30. The van der Waals surface area contributed by atoms with Crippen LogP contribution in [0.1, 0.15) is 24.6 Å². The Morgan fingerprint density at radius 3 is 2.41 bits per heavy atom. The third-order valence-corrected chi connectivity index (χ3v) is 3.96. The van der Waals surface area contributed by atoms with Gasteiger partial charge in [-0.1, -0.05) is 35.8 Å². The van der Waals surface area contributed by atoms with Crippen molar-refractivity contribution in [1.29, 1.82) is 0 Å². The highest BCUT2D eigenvalue weighted by atomic mass is 35.5. The lowest BCUT2D eigenvalue weighted by atomic mass is 9.97. The van der Waals surface area contributed by atoms with E-state index in [4.69, 9.17) is 23.2 Å². The quantitative estimate of drug-likeness (QED) is 0.860. The van der Waals surface area contributed by atoms with Crippen LogP contribution in [0.5, 0.6) is 0 Å². The normalized spacial score (nSPS) is 25.4. The number of hydrogen-bond acceptors (Lipinski definition) is 2. The summed E-state index contributed by atoms with van der Waals surface area (Å²) >= 11 is 11.9. The number of aromatic nitrogens is 1. The number of carbonyl (C=O) groups is 1. The molecule has 0 spiro atoms. The molecule has 1 aliphatic rings. The smallest absolute Gasteiger partial charge is 0.317 e. The molecule has 0 saturated heterocycles. The van der Waals surface area contributed by atoms with Crippen molar-refractivity contribution in [3.8, 4) is 0 Å². The molecule has 1 saturated carbocycles. The second-order valence-corrected chi connectivity index (χ2v) is 5.79. The first-order chi connectivity index (χ1) is 7.81. The number of alkyl halides is 2. The summed E-state index contributed by atoms with van der Waals surface area (Å²) in [6.45, 7) is 5.60. The number of rotatable bonds is 3. The molecule has 5 heteroatoms. The highest BCUT2D eigenvalue weighted by molar-refractivity contribution is 6.54. The molecule has 3 nitrogen and oxygen atoms in total. The van der Waals surface area contributed by atoms with Gasteiger partial charge in [-0.25, -0.2) is 0 Å². The molecule has 0 bridgehead atoms. The first-order valence-electron chi connectivity index (χ1n) is 5.05. The summed E-state index contributed by atoms with van der Waals surface area (Å²) in [5.74, 6) is -1.02. The summed E-state index contributed by atoms with van der Waals surface area (Å²) in [6.07, 6.45) is 1.71. The molecular weight excluding hydrogens is 261 g/mol. The van der Waals surface area contributed by atoms with Crippen LogP contribution >= 0.6 is 23.2 Å². The predicted octanol–water partition coefficient (Wildman–Crippen LogP) is 3.01. The minimum Gasteiger partial charge on any atom is -0.480 e. The van der Waals surface area contributed by atoms with Crippen LogP contribution in [0.15, 0.2) is 24.9 Å². The first kappa shape index (κ1) is 12.4. The Morgan fingerprint density at radius 1 is 1.53 bits per heavy atom. The molecule has 1 aromatic rings. The van der Waals surface area contributed by atoms with Crippen molar-refractivity contribution in [2.75, 3.05) is 0 Å². The molecule has 1 atom stereocenters. The van der Waals surface area contributed by atoms with Crippen molar-refractivity contribution in [2.45, 2.75) is 23.1 Å². The van der Waals surface area contributed by atoms with E-state index >= 15 is 0 Å². The van der Waals surface area contributed by atoms with E-state index in [9.17, 15) is 9.90 Å². The van der Waals surface area contributed by atoms with E-state index in [1.54, 1.807) is 12.1 Å². The largest absolute Gasteiger partial charge is 0.480 e. The zero-order valence-corrected chi connectivity index (χ0v) is 10.7. The Kier molecular flexibility index (Phi) is 2.71. The lowest BCUT2D eigenvalue weighted by Gasteiger charge is -2.13. The summed E-state index contributed by atoms with van der Waals surface area (Å²) in [4.78, 5) is 15.5. The Labute approximate surface area is 109 Å². The van der Waals surface area contributed by atoms with Gasteiger partial charge in [-0.15, -0.1) is 0 Å². The van der Waals surface area contributed by atoms with E-state index in [0.29, 0.717) is 5.56 Å². The molecule has 17 heavy (non-hydrogen) atoms. The van der Waals surface area contributed by atoms with Crippen molar-refractivity contribution in [2.24, 2.45) is 0 Å². The van der Waals surface area contributed by atoms with Gasteiger partial charge in [0.1, 0.15) is 9.75 Å². The molecule has 1 unspecified atom stereocenters. The number of nitrogens with zero attached hydrogens (tertiary/aromatic N) is 1. The Morgan fingerprint density at radius 2 is 2.12 bits per heavy atom. The fraction of sp³-hybridized carbons (Fsp3) is 0.333. The van der Waals surface area contributed by atoms with Crippen molar-refractivity contribution in [1.82, 2.24) is 4.98 Å². The van der Waals surface area contributed by atoms with E-state index < -0.39 is 15.7 Å². The van der Waals surface area contributed by atoms with Gasteiger partial charge in [0.25, 0.3) is 0 Å². The molecule has 0 aromatic carbocycles. The van der Waals surface area contributed by atoms with Crippen LogP contribution in [0, 0.1) is 0 Å². The third kappa shape index (κ3) is 1.74. The lowest BCUT2D eigenvalue weighted by Crippen LogP contribution is -2.26. The molecule has 0 aliphatic heterocycles. The minimum absolute atomic E-state index is 0.201. The molecule has 1 heterocycles. The van der Waals surface area contributed by atoms with Crippen molar-refractivity contribution >= 4 is 34.7 Å². The number of halogens is 2. The van der Waals surface area contributed by atoms with Gasteiger partial charge in [0, 0.05) is 12.6 Å². The number of hydrogen-bond donors (Lipinski definition) is 1. The molecular formula is C12H11Cl2NO2. The van der Waals surface area contributed by atoms with Crippen LogP contribution in [-0.2, 0) is 10.2 Å². The highest BCUT2D eigenvalue weighted by Crippen LogP contribution is 2.64. The first-order valence-corrected chi connectivity index (χ1v) is 5.80. The SMILES string of the molecule is C=C(C)c1ccc(C2(C(=O)O)CC2(Cl)Cl)cn1. The van der Waals surface area contributed by atoms with Crippen LogP contribution in [0.2, 0.25) is 0 Å². The Hall–Kier alpha value is -1.06. The molecule has 90 valence electrons. The number of carboxylic acid groups (broad SMARTS) is 1. The second kappa shape index (κ2) is 3.72. The maximum absolute atomic E-state index is 11.3. The average Bonchev–Trinajstić information content (AvgIpc) is 2.83.